The van der Waals surface area contributed by atoms with Gasteiger partial charge >= 0.3 is 0 Å². The lowest BCUT2D eigenvalue weighted by Crippen LogP contribution is -2.41. The average Bonchev–Trinajstić information content (AvgIpc) is 3.01. The monoisotopic (exact) mass is 603 g/mol. The van der Waals surface area contributed by atoms with E-state index in [2.05, 4.69) is 5.32 Å². The van der Waals surface area contributed by atoms with Crippen LogP contribution in [0, 0.1) is 6.92 Å². The zero-order valence-corrected chi connectivity index (χ0v) is 24.6. The summed E-state index contributed by atoms with van der Waals surface area (Å²) >= 11 is 6.08. The summed E-state index contributed by atoms with van der Waals surface area (Å²) in [7, 11) is -4.10. The summed E-state index contributed by atoms with van der Waals surface area (Å²) in [5.74, 6) is -0.762. The Morgan fingerprint density at radius 2 is 1.48 bits per heavy atom. The number of ether oxygens (including phenoxy) is 1. The molecule has 2 amide bonds. The van der Waals surface area contributed by atoms with E-state index in [9.17, 15) is 18.0 Å². The van der Waals surface area contributed by atoms with Gasteiger partial charge in [-0.15, -0.1) is 0 Å². The molecule has 0 aromatic heterocycles. The van der Waals surface area contributed by atoms with Crippen LogP contribution < -0.4 is 9.62 Å². The molecule has 4 aromatic rings. The van der Waals surface area contributed by atoms with E-state index in [4.69, 9.17) is 16.3 Å². The minimum absolute atomic E-state index is 0.0379. The first-order valence-corrected chi connectivity index (χ1v) is 15.3. The van der Waals surface area contributed by atoms with Gasteiger partial charge in [-0.1, -0.05) is 65.7 Å². The number of nitrogens with one attached hydrogen (secondary N) is 1. The lowest BCUT2D eigenvalue weighted by molar-refractivity contribution is 0.0303. The van der Waals surface area contributed by atoms with Crippen LogP contribution in [0.3, 0.4) is 0 Å². The van der Waals surface area contributed by atoms with Crippen LogP contribution in [-0.2, 0) is 21.3 Å². The molecule has 0 unspecified atom stereocenters. The summed E-state index contributed by atoms with van der Waals surface area (Å²) in [6.45, 7) is 3.66. The predicted octanol–water partition coefficient (Wildman–Crippen LogP) is 5.77. The third kappa shape index (κ3) is 6.49. The van der Waals surface area contributed by atoms with Crippen LogP contribution in [0.4, 0.5) is 11.4 Å². The molecule has 4 aromatic carbocycles. The maximum absolute atomic E-state index is 14.1. The highest BCUT2D eigenvalue weighted by Gasteiger charge is 2.29. The number of hydrogen-bond donors (Lipinski definition) is 1. The van der Waals surface area contributed by atoms with E-state index in [-0.39, 0.29) is 28.6 Å². The fourth-order valence-electron chi connectivity index (χ4n) is 4.68. The minimum Gasteiger partial charge on any atom is -0.378 e. The largest absolute Gasteiger partial charge is 0.378 e. The number of sulfonamides is 1. The van der Waals surface area contributed by atoms with Crippen molar-refractivity contribution in [2.75, 3.05) is 35.9 Å². The summed E-state index contributed by atoms with van der Waals surface area (Å²) in [5.41, 5.74) is 2.61. The Morgan fingerprint density at radius 3 is 2.17 bits per heavy atom. The fraction of sp³-hybridized carbons (Fsp3) is 0.188. The number of nitrogens with zero attached hydrogens (tertiary/aromatic N) is 2. The van der Waals surface area contributed by atoms with Crippen molar-refractivity contribution in [1.82, 2.24) is 4.90 Å². The van der Waals surface area contributed by atoms with Crippen LogP contribution in [0.25, 0.3) is 0 Å². The van der Waals surface area contributed by atoms with Gasteiger partial charge in [-0.3, -0.25) is 13.9 Å². The number of benzene rings is 4. The second-order valence-electron chi connectivity index (χ2n) is 9.87. The van der Waals surface area contributed by atoms with Gasteiger partial charge in [-0.05, 0) is 61.0 Å². The van der Waals surface area contributed by atoms with Crippen molar-refractivity contribution >= 4 is 44.8 Å². The topological polar surface area (TPSA) is 96.0 Å². The van der Waals surface area contributed by atoms with Gasteiger partial charge in [0.25, 0.3) is 21.8 Å². The van der Waals surface area contributed by atoms with Crippen LogP contribution in [0.2, 0.25) is 5.02 Å². The van der Waals surface area contributed by atoms with E-state index in [1.807, 2.05) is 6.92 Å². The third-order valence-corrected chi connectivity index (χ3v) is 9.00. The van der Waals surface area contributed by atoms with Crippen LogP contribution >= 0.6 is 11.6 Å². The highest BCUT2D eigenvalue weighted by molar-refractivity contribution is 7.92. The van der Waals surface area contributed by atoms with Crippen molar-refractivity contribution in [3.05, 3.63) is 124 Å². The van der Waals surface area contributed by atoms with Crippen molar-refractivity contribution in [1.29, 1.82) is 0 Å². The van der Waals surface area contributed by atoms with Crippen LogP contribution in [0.5, 0.6) is 0 Å². The number of rotatable bonds is 8. The van der Waals surface area contributed by atoms with Crippen molar-refractivity contribution in [3.8, 4) is 0 Å². The first kappa shape index (κ1) is 29.3. The molecule has 8 nitrogen and oxygen atoms in total. The van der Waals surface area contributed by atoms with E-state index < -0.39 is 15.9 Å². The predicted molar refractivity (Wildman–Crippen MR) is 164 cm³/mol. The van der Waals surface area contributed by atoms with Crippen molar-refractivity contribution in [2.45, 2.75) is 18.4 Å². The maximum atomic E-state index is 14.1. The lowest BCUT2D eigenvalue weighted by atomic mass is 10.1. The van der Waals surface area contributed by atoms with E-state index in [0.717, 1.165) is 5.56 Å². The number of hydrogen-bond acceptors (Lipinski definition) is 5. The summed E-state index contributed by atoms with van der Waals surface area (Å²) in [6, 6.07) is 26.7. The highest BCUT2D eigenvalue weighted by atomic mass is 35.5. The number of halogens is 1. The van der Waals surface area contributed by atoms with Gasteiger partial charge in [0.1, 0.15) is 0 Å². The van der Waals surface area contributed by atoms with Crippen LogP contribution in [0.1, 0.15) is 31.8 Å². The molecule has 1 fully saturated rings. The van der Waals surface area contributed by atoms with Crippen LogP contribution in [0.15, 0.2) is 102 Å². The summed E-state index contributed by atoms with van der Waals surface area (Å²) < 4.78 is 34.7. The molecule has 0 bridgehead atoms. The number of para-hydroxylation sites is 2. The number of aryl methyl sites for hydroxylation is 1. The first-order chi connectivity index (χ1) is 20.2. The number of carbonyl (C=O) groups excluding carboxylic acids is 2. The van der Waals surface area contributed by atoms with Gasteiger partial charge in [0.2, 0.25) is 0 Å². The summed E-state index contributed by atoms with van der Waals surface area (Å²) in [6.07, 6.45) is 0. The van der Waals surface area contributed by atoms with Crippen molar-refractivity contribution < 1.29 is 22.7 Å². The Morgan fingerprint density at radius 1 is 0.857 bits per heavy atom. The average molecular weight is 604 g/mol. The number of carbonyl (C=O) groups is 2. The Kier molecular flexibility index (Phi) is 8.91. The second-order valence-corrected chi connectivity index (χ2v) is 12.2. The molecule has 1 heterocycles. The Bertz CT molecular complexity index is 1690. The standard InChI is InChI=1S/C32H30ClN3O5S/c1-23-10-16-26(17-11-23)42(39,40)36(22-24-12-14-25(33)15-13-24)30-9-5-3-7-28(30)31(37)34-29-8-4-2-6-27(29)32(38)35-18-20-41-21-19-35/h2-17H,18-22H2,1H3,(H,34,37). The molecule has 1 saturated heterocycles. The molecule has 0 saturated carbocycles. The Labute approximate surface area is 250 Å². The fourth-order valence-corrected chi connectivity index (χ4v) is 6.28. The van der Waals surface area contributed by atoms with E-state index in [1.54, 1.807) is 102 Å². The third-order valence-electron chi connectivity index (χ3n) is 6.97. The molecular weight excluding hydrogens is 574 g/mol. The molecule has 216 valence electrons. The Hall–Kier alpha value is -4.18. The zero-order chi connectivity index (χ0) is 29.7. The van der Waals surface area contributed by atoms with Gasteiger partial charge in [0.15, 0.2) is 0 Å². The van der Waals surface area contributed by atoms with Gasteiger partial charge in [-0.2, -0.15) is 0 Å². The molecule has 0 atom stereocenters. The van der Waals surface area contributed by atoms with Crippen molar-refractivity contribution in [2.24, 2.45) is 0 Å². The van der Waals surface area contributed by atoms with Crippen molar-refractivity contribution in [3.63, 3.8) is 0 Å². The molecule has 1 N–H and O–H groups in total. The number of amides is 2. The number of anilines is 2. The molecule has 10 heteroatoms. The zero-order valence-electron chi connectivity index (χ0n) is 23.0. The minimum atomic E-state index is -4.10. The maximum Gasteiger partial charge on any atom is 0.264 e. The molecule has 42 heavy (non-hydrogen) atoms. The molecular formula is C32H30ClN3O5S. The van der Waals surface area contributed by atoms with Gasteiger partial charge < -0.3 is 15.0 Å². The summed E-state index contributed by atoms with van der Waals surface area (Å²) in [4.78, 5) is 28.9. The van der Waals surface area contributed by atoms with E-state index in [1.165, 1.54) is 4.31 Å². The smallest absolute Gasteiger partial charge is 0.264 e. The van der Waals surface area contributed by atoms with Gasteiger partial charge in [0.05, 0.1) is 47.2 Å². The Balaban J connectivity index is 1.52. The SMILES string of the molecule is Cc1ccc(S(=O)(=O)N(Cc2ccc(Cl)cc2)c2ccccc2C(=O)Nc2ccccc2C(=O)N2CCOCC2)cc1. The van der Waals surface area contributed by atoms with Crippen LogP contribution in [-0.4, -0.2) is 51.4 Å². The molecule has 5 rings (SSSR count). The van der Waals surface area contributed by atoms with Gasteiger partial charge in [-0.25, -0.2) is 8.42 Å². The lowest BCUT2D eigenvalue weighted by Gasteiger charge is -2.28. The first-order valence-electron chi connectivity index (χ1n) is 13.4. The normalized spacial score (nSPS) is 13.4. The molecule has 1 aliphatic heterocycles. The van der Waals surface area contributed by atoms with Gasteiger partial charge in [0, 0.05) is 18.1 Å². The number of morpholine rings is 1. The molecule has 1 aliphatic rings. The second kappa shape index (κ2) is 12.8. The molecule has 0 aliphatic carbocycles. The van der Waals surface area contributed by atoms with E-state index >= 15 is 0 Å². The molecule has 0 spiro atoms. The molecule has 0 radical (unpaired) electrons. The summed E-state index contributed by atoms with van der Waals surface area (Å²) in [5, 5.41) is 3.38. The quantitative estimate of drug-likeness (QED) is 0.276. The van der Waals surface area contributed by atoms with E-state index in [0.29, 0.717) is 48.1 Å². The highest BCUT2D eigenvalue weighted by Crippen LogP contribution is 2.31.